The summed E-state index contributed by atoms with van der Waals surface area (Å²) < 4.78 is 5.01. The summed E-state index contributed by atoms with van der Waals surface area (Å²) in [4.78, 5) is 15.1. The van der Waals surface area contributed by atoms with Gasteiger partial charge in [0.05, 0.1) is 11.9 Å². The van der Waals surface area contributed by atoms with E-state index in [1.54, 1.807) is 20.8 Å². The molecule has 0 radical (unpaired) electrons. The number of rotatable bonds is 2. The third-order valence-electron chi connectivity index (χ3n) is 1.60. The van der Waals surface area contributed by atoms with Gasteiger partial charge in [-0.25, -0.2) is 9.78 Å². The highest BCUT2D eigenvalue weighted by Gasteiger charge is 2.16. The minimum absolute atomic E-state index is 0.0280. The number of nitrogens with zero attached hydrogens (tertiary/aromatic N) is 2. The molecule has 0 spiro atoms. The molecule has 1 aromatic heterocycles. The largest absolute Gasteiger partial charge is 0.733 e. The first-order valence-electron chi connectivity index (χ1n) is 4.90. The summed E-state index contributed by atoms with van der Waals surface area (Å²) in [5.41, 5.74) is -0.624. The Morgan fingerprint density at radius 1 is 1.53 bits per heavy atom. The number of carbonyl (C=O) groups is 1. The number of nitrogens with one attached hydrogen (secondary N) is 1. The van der Waals surface area contributed by atoms with Crippen LogP contribution in [0.4, 0.5) is 16.3 Å². The molecule has 0 aliphatic rings. The molecule has 0 saturated heterocycles. The number of ether oxygens (including phenoxy) is 1. The maximum atomic E-state index is 11.4. The number of pyridine rings is 1. The molecule has 0 bridgehead atoms. The van der Waals surface area contributed by atoms with E-state index < -0.39 is 11.7 Å². The molecule has 1 aromatic rings. The highest BCUT2D eigenvalue weighted by atomic mass is 16.8. The van der Waals surface area contributed by atoms with Gasteiger partial charge in [-0.2, -0.15) is 0 Å². The van der Waals surface area contributed by atoms with Gasteiger partial charge in [0.2, 0.25) is 0 Å². The van der Waals surface area contributed by atoms with Crippen LogP contribution in [0, 0.1) is 5.21 Å². The zero-order valence-electron chi connectivity index (χ0n) is 9.80. The minimum Gasteiger partial charge on any atom is -0.733 e. The molecule has 1 heterocycles. The van der Waals surface area contributed by atoms with E-state index in [-0.39, 0.29) is 16.7 Å². The lowest BCUT2D eigenvalue weighted by Gasteiger charge is -2.21. The molecule has 17 heavy (non-hydrogen) atoms. The predicted octanol–water partition coefficient (Wildman–Crippen LogP) is 2.12. The van der Waals surface area contributed by atoms with Crippen molar-refractivity contribution < 1.29 is 14.7 Å². The smallest absolute Gasteiger partial charge is 0.413 e. The van der Waals surface area contributed by atoms with Gasteiger partial charge >= 0.3 is 6.09 Å². The molecule has 0 aliphatic heterocycles. The second kappa shape index (κ2) is 4.98. The first kappa shape index (κ1) is 13.2. The van der Waals surface area contributed by atoms with Crippen molar-refractivity contribution in [1.82, 2.24) is 4.98 Å². The number of hydrogen-bond acceptors (Lipinski definition) is 6. The third kappa shape index (κ3) is 4.66. The van der Waals surface area contributed by atoms with E-state index in [1.165, 1.54) is 12.1 Å². The van der Waals surface area contributed by atoms with Crippen LogP contribution < -0.4 is 10.5 Å². The van der Waals surface area contributed by atoms with Gasteiger partial charge in [0, 0.05) is 0 Å². The first-order chi connectivity index (χ1) is 7.78. The van der Waals surface area contributed by atoms with E-state index in [4.69, 9.17) is 9.94 Å². The molecule has 0 fully saturated rings. The van der Waals surface area contributed by atoms with Crippen molar-refractivity contribution in [3.8, 4) is 0 Å². The van der Waals surface area contributed by atoms with Gasteiger partial charge in [-0.15, -0.1) is 0 Å². The van der Waals surface area contributed by atoms with Crippen LogP contribution in [0.2, 0.25) is 0 Å². The van der Waals surface area contributed by atoms with Gasteiger partial charge in [-0.05, 0) is 32.9 Å². The number of amides is 1. The lowest BCUT2D eigenvalue weighted by Crippen LogP contribution is -2.27. The van der Waals surface area contributed by atoms with Gasteiger partial charge in [-0.1, -0.05) is 0 Å². The number of carbonyl (C=O) groups excluding carboxylic acids is 1. The molecule has 1 amide bonds. The lowest BCUT2D eigenvalue weighted by molar-refractivity contribution is 0.0635. The molecule has 1 rings (SSSR count). The van der Waals surface area contributed by atoms with E-state index in [0.717, 1.165) is 6.20 Å². The summed E-state index contributed by atoms with van der Waals surface area (Å²) in [6.45, 7) is 5.22. The van der Waals surface area contributed by atoms with Gasteiger partial charge in [-0.3, -0.25) is 10.5 Å². The first-order valence-corrected chi connectivity index (χ1v) is 4.90. The molecule has 94 valence electrons. The van der Waals surface area contributed by atoms with E-state index in [2.05, 4.69) is 10.3 Å². The zero-order chi connectivity index (χ0) is 13.1. The highest BCUT2D eigenvalue weighted by molar-refractivity contribution is 5.83. The molecule has 0 aromatic carbocycles. The van der Waals surface area contributed by atoms with E-state index in [0.29, 0.717) is 0 Å². The molecule has 2 N–H and O–H groups in total. The number of hydrogen-bond donors (Lipinski definition) is 2. The average Bonchev–Trinajstić information content (AvgIpc) is 2.15. The quantitative estimate of drug-likeness (QED) is 0.768. The van der Waals surface area contributed by atoms with Gasteiger partial charge < -0.3 is 15.2 Å². The fraction of sp³-hybridized carbons (Fsp3) is 0.400. The second-order valence-electron chi connectivity index (χ2n) is 4.30. The maximum absolute atomic E-state index is 11.4. The van der Waals surface area contributed by atoms with Crippen LogP contribution in [-0.2, 0) is 4.74 Å². The Morgan fingerprint density at radius 2 is 2.18 bits per heavy atom. The molecule has 0 unspecified atom stereocenters. The monoisotopic (exact) mass is 240 g/mol. The molecule has 7 heteroatoms. The Balaban J connectivity index is 2.61. The van der Waals surface area contributed by atoms with Crippen LogP contribution in [0.5, 0.6) is 0 Å². The van der Waals surface area contributed by atoms with E-state index >= 15 is 0 Å². The summed E-state index contributed by atoms with van der Waals surface area (Å²) in [5, 5.41) is 21.1. The second-order valence-corrected chi connectivity index (χ2v) is 4.30. The highest BCUT2D eigenvalue weighted by Crippen LogP contribution is 2.14. The molecule has 0 atom stereocenters. The lowest BCUT2D eigenvalue weighted by atomic mass is 10.2. The Kier molecular flexibility index (Phi) is 3.87. The number of anilines is 2. The Bertz CT molecular complexity index is 384. The van der Waals surface area contributed by atoms with Crippen LogP contribution >= 0.6 is 0 Å². The summed E-state index contributed by atoms with van der Waals surface area (Å²) in [6.07, 6.45) is 0.486. The van der Waals surface area contributed by atoms with Crippen LogP contribution in [0.1, 0.15) is 20.8 Å². The van der Waals surface area contributed by atoms with Crippen LogP contribution in [0.3, 0.4) is 0 Å². The Hall–Kier alpha value is -1.86. The van der Waals surface area contributed by atoms with Crippen LogP contribution in [-0.4, -0.2) is 21.9 Å². The maximum Gasteiger partial charge on any atom is 0.413 e. The zero-order valence-corrected chi connectivity index (χ0v) is 9.80. The van der Waals surface area contributed by atoms with E-state index in [1.807, 2.05) is 0 Å². The topological polar surface area (TPSA) is 97.8 Å². The van der Waals surface area contributed by atoms with Gasteiger partial charge in [0.15, 0.2) is 0 Å². The van der Waals surface area contributed by atoms with Crippen molar-refractivity contribution in [1.29, 1.82) is 0 Å². The van der Waals surface area contributed by atoms with Crippen molar-refractivity contribution in [2.24, 2.45) is 0 Å². The minimum atomic E-state index is -0.638. The molecule has 0 aliphatic carbocycles. The molecule has 0 saturated carbocycles. The van der Waals surface area contributed by atoms with Crippen molar-refractivity contribution in [2.75, 3.05) is 10.5 Å². The van der Waals surface area contributed by atoms with Crippen LogP contribution in [0.25, 0.3) is 0 Å². The average molecular weight is 240 g/mol. The Labute approximate surface area is 98.6 Å². The summed E-state index contributed by atoms with van der Waals surface area (Å²) >= 11 is 0. The third-order valence-corrected chi connectivity index (χ3v) is 1.60. The molecular formula is C10H14N3O4-. The predicted molar refractivity (Wildman–Crippen MR) is 61.7 cm³/mol. The molecular weight excluding hydrogens is 226 g/mol. The van der Waals surface area contributed by atoms with Crippen molar-refractivity contribution >= 4 is 17.6 Å². The Morgan fingerprint density at radius 3 is 2.59 bits per heavy atom. The van der Waals surface area contributed by atoms with E-state index in [9.17, 15) is 10.0 Å². The SMILES string of the molecule is CC(C)(C)OC(=O)Nc1ccc(N([O-])O)cn1. The van der Waals surface area contributed by atoms with Crippen LogP contribution in [0.15, 0.2) is 18.3 Å². The standard InChI is InChI=1S/C10H14N3O4/c1-10(2,3)17-9(14)12-8-5-4-7(6-11-8)13(15)16/h4-6,15H,1-3H3,(H,11,12,14)/q-1. The van der Waals surface area contributed by atoms with Gasteiger partial charge in [0.25, 0.3) is 0 Å². The summed E-state index contributed by atoms with van der Waals surface area (Å²) in [6, 6.07) is 2.69. The van der Waals surface area contributed by atoms with Gasteiger partial charge in [0.1, 0.15) is 11.4 Å². The fourth-order valence-corrected chi connectivity index (χ4v) is 0.981. The summed E-state index contributed by atoms with van der Waals surface area (Å²) in [5.74, 6) is 0.227. The fourth-order valence-electron chi connectivity index (χ4n) is 0.981. The van der Waals surface area contributed by atoms with Crippen molar-refractivity contribution in [3.05, 3.63) is 23.5 Å². The normalized spacial score (nSPS) is 10.9. The number of aromatic nitrogens is 1. The molecule has 7 nitrogen and oxygen atoms in total. The van der Waals surface area contributed by atoms with Crippen molar-refractivity contribution in [3.63, 3.8) is 0 Å². The summed E-state index contributed by atoms with van der Waals surface area (Å²) in [7, 11) is 0. The van der Waals surface area contributed by atoms with Crippen molar-refractivity contribution in [2.45, 2.75) is 26.4 Å².